The second-order valence-electron chi connectivity index (χ2n) is 5.60. The summed E-state index contributed by atoms with van der Waals surface area (Å²) in [6.45, 7) is 0. The molecule has 4 aromatic rings. The SMILES string of the molecule is Cn1nnc(-c2cnn(-c3ccccc3Cl)c2SCc2ccccc2)n1. The third-order valence-corrected chi connectivity index (χ3v) is 5.24. The zero-order valence-electron chi connectivity index (χ0n) is 14.0. The van der Waals surface area contributed by atoms with Crippen molar-refractivity contribution in [1.82, 2.24) is 30.0 Å². The maximum atomic E-state index is 6.39. The molecule has 0 saturated heterocycles. The van der Waals surface area contributed by atoms with Gasteiger partial charge in [0.1, 0.15) is 5.03 Å². The quantitative estimate of drug-likeness (QED) is 0.488. The number of benzene rings is 2. The summed E-state index contributed by atoms with van der Waals surface area (Å²) in [5, 5.41) is 18.5. The third kappa shape index (κ3) is 3.36. The van der Waals surface area contributed by atoms with Crippen LogP contribution in [0.5, 0.6) is 0 Å². The van der Waals surface area contributed by atoms with Crippen molar-refractivity contribution in [3.8, 4) is 17.1 Å². The Morgan fingerprint density at radius 2 is 1.81 bits per heavy atom. The minimum absolute atomic E-state index is 0.543. The summed E-state index contributed by atoms with van der Waals surface area (Å²) in [5.41, 5.74) is 2.88. The molecule has 0 fully saturated rings. The highest BCUT2D eigenvalue weighted by atomic mass is 35.5. The second kappa shape index (κ2) is 7.31. The molecule has 0 spiro atoms. The molecular formula is C18H15ClN6S. The fourth-order valence-corrected chi connectivity index (χ4v) is 3.82. The molecule has 2 aromatic carbocycles. The Balaban J connectivity index is 1.77. The molecule has 6 nitrogen and oxygen atoms in total. The molecule has 0 atom stereocenters. The minimum atomic E-state index is 0.543. The zero-order valence-corrected chi connectivity index (χ0v) is 15.5. The van der Waals surface area contributed by atoms with Crippen molar-refractivity contribution in [1.29, 1.82) is 0 Å². The van der Waals surface area contributed by atoms with E-state index < -0.39 is 0 Å². The highest BCUT2D eigenvalue weighted by Crippen LogP contribution is 2.34. The van der Waals surface area contributed by atoms with Crippen LogP contribution in [-0.4, -0.2) is 30.0 Å². The highest BCUT2D eigenvalue weighted by Gasteiger charge is 2.19. The first-order chi connectivity index (χ1) is 12.7. The molecule has 0 amide bonds. The Morgan fingerprint density at radius 3 is 2.54 bits per heavy atom. The topological polar surface area (TPSA) is 61.4 Å². The number of aromatic nitrogens is 6. The van der Waals surface area contributed by atoms with Gasteiger partial charge in [-0.05, 0) is 22.9 Å². The summed E-state index contributed by atoms with van der Waals surface area (Å²) in [6.07, 6.45) is 1.76. The van der Waals surface area contributed by atoms with E-state index in [1.165, 1.54) is 10.4 Å². The van der Waals surface area contributed by atoms with E-state index in [9.17, 15) is 0 Å². The van der Waals surface area contributed by atoms with Crippen molar-refractivity contribution >= 4 is 23.4 Å². The molecule has 130 valence electrons. The van der Waals surface area contributed by atoms with E-state index in [0.717, 1.165) is 22.0 Å². The molecule has 0 saturated carbocycles. The van der Waals surface area contributed by atoms with Crippen LogP contribution >= 0.6 is 23.4 Å². The molecule has 26 heavy (non-hydrogen) atoms. The predicted octanol–water partition coefficient (Wildman–Crippen LogP) is 4.01. The summed E-state index contributed by atoms with van der Waals surface area (Å²) in [6, 6.07) is 17.9. The predicted molar refractivity (Wildman–Crippen MR) is 102 cm³/mol. The Hall–Kier alpha value is -2.64. The standard InChI is InChI=1S/C18H15ClN6S/c1-24-22-17(21-23-24)14-11-20-25(16-10-6-5-9-15(16)19)18(14)26-12-13-7-3-2-4-8-13/h2-11H,12H2,1H3. The summed E-state index contributed by atoms with van der Waals surface area (Å²) >= 11 is 8.06. The Bertz CT molecular complexity index is 1030. The lowest BCUT2D eigenvalue weighted by molar-refractivity contribution is 0.630. The van der Waals surface area contributed by atoms with Gasteiger partial charge < -0.3 is 0 Å². The van der Waals surface area contributed by atoms with Crippen LogP contribution in [-0.2, 0) is 12.8 Å². The van der Waals surface area contributed by atoms with Crippen molar-refractivity contribution < 1.29 is 0 Å². The average molecular weight is 383 g/mol. The first-order valence-corrected chi connectivity index (χ1v) is 9.33. The molecule has 0 bridgehead atoms. The Kier molecular flexibility index (Phi) is 4.73. The van der Waals surface area contributed by atoms with Gasteiger partial charge in [0.05, 0.1) is 29.5 Å². The lowest BCUT2D eigenvalue weighted by atomic mass is 10.2. The number of halogens is 1. The number of nitrogens with zero attached hydrogens (tertiary/aromatic N) is 6. The van der Waals surface area contributed by atoms with E-state index in [2.05, 4.69) is 32.6 Å². The maximum absolute atomic E-state index is 6.39. The van der Waals surface area contributed by atoms with E-state index in [4.69, 9.17) is 11.6 Å². The monoisotopic (exact) mass is 382 g/mol. The molecule has 0 radical (unpaired) electrons. The first-order valence-electron chi connectivity index (χ1n) is 7.96. The molecule has 2 aromatic heterocycles. The van der Waals surface area contributed by atoms with Crippen LogP contribution in [0.15, 0.2) is 65.8 Å². The zero-order chi connectivity index (χ0) is 17.9. The number of hydrogen-bond acceptors (Lipinski definition) is 5. The largest absolute Gasteiger partial charge is 0.225 e. The van der Waals surface area contributed by atoms with Gasteiger partial charge in [-0.2, -0.15) is 9.90 Å². The number of aryl methyl sites for hydroxylation is 1. The molecule has 0 N–H and O–H groups in total. The van der Waals surface area contributed by atoms with Crippen LogP contribution in [0, 0.1) is 0 Å². The van der Waals surface area contributed by atoms with Gasteiger partial charge in [0, 0.05) is 5.75 Å². The number of thioether (sulfide) groups is 1. The molecule has 4 rings (SSSR count). The second-order valence-corrected chi connectivity index (χ2v) is 6.97. The summed E-state index contributed by atoms with van der Waals surface area (Å²) in [7, 11) is 1.74. The minimum Gasteiger partial charge on any atom is -0.225 e. The first kappa shape index (κ1) is 16.8. The number of rotatable bonds is 5. The van der Waals surface area contributed by atoms with Gasteiger partial charge in [-0.1, -0.05) is 54.1 Å². The number of tetrazole rings is 1. The summed E-state index contributed by atoms with van der Waals surface area (Å²) < 4.78 is 1.83. The lowest BCUT2D eigenvalue weighted by Crippen LogP contribution is -2.00. The van der Waals surface area contributed by atoms with Gasteiger partial charge in [0.2, 0.25) is 5.82 Å². The van der Waals surface area contributed by atoms with Crippen molar-refractivity contribution in [2.45, 2.75) is 10.8 Å². The lowest BCUT2D eigenvalue weighted by Gasteiger charge is -2.10. The molecule has 0 aliphatic rings. The molecule has 2 heterocycles. The van der Waals surface area contributed by atoms with Crippen molar-refractivity contribution in [2.24, 2.45) is 7.05 Å². The summed E-state index contributed by atoms with van der Waals surface area (Å²) in [5.74, 6) is 1.34. The molecule has 0 aliphatic carbocycles. The van der Waals surface area contributed by atoms with Crippen LogP contribution < -0.4 is 0 Å². The molecular weight excluding hydrogens is 368 g/mol. The van der Waals surface area contributed by atoms with Crippen LogP contribution in [0.2, 0.25) is 5.02 Å². The fourth-order valence-electron chi connectivity index (χ4n) is 2.54. The smallest absolute Gasteiger partial charge is 0.209 e. The van der Waals surface area contributed by atoms with E-state index in [0.29, 0.717) is 10.8 Å². The van der Waals surface area contributed by atoms with Crippen LogP contribution in [0.3, 0.4) is 0 Å². The van der Waals surface area contributed by atoms with Gasteiger partial charge >= 0.3 is 0 Å². The van der Waals surface area contributed by atoms with Crippen molar-refractivity contribution in [2.75, 3.05) is 0 Å². The van der Waals surface area contributed by atoms with Crippen LogP contribution in [0.25, 0.3) is 17.1 Å². The molecule has 0 unspecified atom stereocenters. The van der Waals surface area contributed by atoms with E-state index in [1.807, 2.05) is 47.1 Å². The van der Waals surface area contributed by atoms with Gasteiger partial charge in [-0.25, -0.2) is 4.68 Å². The maximum Gasteiger partial charge on any atom is 0.209 e. The number of para-hydroxylation sites is 1. The third-order valence-electron chi connectivity index (χ3n) is 3.77. The van der Waals surface area contributed by atoms with Gasteiger partial charge in [0.25, 0.3) is 0 Å². The van der Waals surface area contributed by atoms with Crippen molar-refractivity contribution in [3.63, 3.8) is 0 Å². The van der Waals surface area contributed by atoms with Gasteiger partial charge in [-0.3, -0.25) is 0 Å². The van der Waals surface area contributed by atoms with E-state index in [1.54, 1.807) is 25.0 Å². The molecule has 0 aliphatic heterocycles. The van der Waals surface area contributed by atoms with Crippen LogP contribution in [0.1, 0.15) is 5.56 Å². The highest BCUT2D eigenvalue weighted by molar-refractivity contribution is 7.98. The van der Waals surface area contributed by atoms with E-state index in [-0.39, 0.29) is 0 Å². The number of hydrogen-bond donors (Lipinski definition) is 0. The Labute approximate surface area is 159 Å². The Morgan fingerprint density at radius 1 is 1.04 bits per heavy atom. The molecule has 8 heteroatoms. The average Bonchev–Trinajstić information content (AvgIpc) is 3.27. The normalized spacial score (nSPS) is 11.0. The van der Waals surface area contributed by atoms with E-state index >= 15 is 0 Å². The summed E-state index contributed by atoms with van der Waals surface area (Å²) in [4.78, 5) is 1.44. The van der Waals surface area contributed by atoms with Crippen molar-refractivity contribution in [3.05, 3.63) is 71.4 Å². The van der Waals surface area contributed by atoms with Gasteiger partial charge in [0.15, 0.2) is 0 Å². The van der Waals surface area contributed by atoms with Gasteiger partial charge in [-0.15, -0.1) is 22.0 Å². The van der Waals surface area contributed by atoms with Crippen LogP contribution in [0.4, 0.5) is 0 Å². The fraction of sp³-hybridized carbons (Fsp3) is 0.111.